The van der Waals surface area contributed by atoms with Gasteiger partial charge < -0.3 is 4.74 Å². The van der Waals surface area contributed by atoms with Crippen LogP contribution in [-0.2, 0) is 9.53 Å². The zero-order valence-electron chi connectivity index (χ0n) is 11.2. The lowest BCUT2D eigenvalue weighted by atomic mass is 10.2. The van der Waals surface area contributed by atoms with E-state index in [0.29, 0.717) is 11.4 Å². The fraction of sp³-hybridized carbons (Fsp3) is 0.214. The minimum absolute atomic E-state index is 0.175. The van der Waals surface area contributed by atoms with Crippen LogP contribution >= 0.6 is 0 Å². The van der Waals surface area contributed by atoms with Crippen LogP contribution in [0.5, 0.6) is 0 Å². The lowest BCUT2D eigenvalue weighted by molar-refractivity contribution is -0.141. The number of hydrogen-bond donors (Lipinski definition) is 0. The van der Waals surface area contributed by atoms with Crippen LogP contribution in [0.2, 0.25) is 0 Å². The Labute approximate surface area is 115 Å². The Morgan fingerprint density at radius 3 is 2.95 bits per heavy atom. The van der Waals surface area contributed by atoms with Crippen molar-refractivity contribution in [3.8, 4) is 11.4 Å². The lowest BCUT2D eigenvalue weighted by Gasteiger charge is -2.03. The number of carbonyl (C=O) groups excluding carboxylic acids is 1. The first-order chi connectivity index (χ1) is 9.54. The van der Waals surface area contributed by atoms with Gasteiger partial charge in [0.25, 0.3) is 0 Å². The van der Waals surface area contributed by atoms with Crippen LogP contribution in [-0.4, -0.2) is 26.8 Å². The van der Waals surface area contributed by atoms with Gasteiger partial charge in [0.15, 0.2) is 5.82 Å². The van der Waals surface area contributed by atoms with Crippen LogP contribution in [0.25, 0.3) is 17.6 Å². The Balaban J connectivity index is 2.10. The van der Waals surface area contributed by atoms with Gasteiger partial charge in [-0.05, 0) is 26.0 Å². The predicted molar refractivity (Wildman–Crippen MR) is 72.0 cm³/mol. The standard InChI is InChI=1S/C14H14FN3O2/c1-10(2)20-13(19)6-7-18-9-16-14(17-18)11-4-3-5-12(15)8-11/h3-10H,1-2H3/b7-6-. The highest BCUT2D eigenvalue weighted by atomic mass is 19.1. The molecule has 0 fully saturated rings. The minimum atomic E-state index is -0.456. The number of nitrogens with zero attached hydrogens (tertiary/aromatic N) is 3. The van der Waals surface area contributed by atoms with Gasteiger partial charge in [-0.2, -0.15) is 0 Å². The van der Waals surface area contributed by atoms with Gasteiger partial charge in [-0.3, -0.25) is 0 Å². The second-order valence-corrected chi connectivity index (χ2v) is 4.36. The average Bonchev–Trinajstić information content (AvgIpc) is 2.84. The molecule has 20 heavy (non-hydrogen) atoms. The van der Waals surface area contributed by atoms with Crippen molar-refractivity contribution in [1.82, 2.24) is 14.8 Å². The minimum Gasteiger partial charge on any atom is -0.460 e. The van der Waals surface area contributed by atoms with Crippen LogP contribution in [0.4, 0.5) is 4.39 Å². The van der Waals surface area contributed by atoms with Crippen molar-refractivity contribution >= 4 is 12.2 Å². The summed E-state index contributed by atoms with van der Waals surface area (Å²) in [5.74, 6) is -0.427. The van der Waals surface area contributed by atoms with Gasteiger partial charge in [0.05, 0.1) is 6.10 Å². The van der Waals surface area contributed by atoms with Gasteiger partial charge >= 0.3 is 5.97 Å². The third kappa shape index (κ3) is 3.74. The fourth-order valence-corrected chi connectivity index (χ4v) is 1.52. The van der Waals surface area contributed by atoms with E-state index in [1.165, 1.54) is 35.4 Å². The largest absolute Gasteiger partial charge is 0.460 e. The Hall–Kier alpha value is -2.50. The van der Waals surface area contributed by atoms with E-state index in [0.717, 1.165) is 0 Å². The number of carbonyl (C=O) groups is 1. The molecule has 0 saturated carbocycles. The van der Waals surface area contributed by atoms with E-state index in [4.69, 9.17) is 4.74 Å². The highest BCUT2D eigenvalue weighted by Crippen LogP contribution is 2.15. The Morgan fingerprint density at radius 1 is 1.45 bits per heavy atom. The van der Waals surface area contributed by atoms with Gasteiger partial charge in [-0.1, -0.05) is 12.1 Å². The molecule has 6 heteroatoms. The molecule has 2 aromatic rings. The third-order valence-electron chi connectivity index (χ3n) is 2.31. The number of rotatable bonds is 4. The second kappa shape index (κ2) is 6.10. The molecule has 0 aliphatic carbocycles. The van der Waals surface area contributed by atoms with E-state index in [1.54, 1.807) is 26.0 Å². The average molecular weight is 275 g/mol. The van der Waals surface area contributed by atoms with Crippen molar-refractivity contribution in [2.24, 2.45) is 0 Å². The zero-order chi connectivity index (χ0) is 14.5. The molecule has 0 N–H and O–H groups in total. The normalized spacial score (nSPS) is 11.2. The molecule has 0 spiro atoms. The third-order valence-corrected chi connectivity index (χ3v) is 2.31. The van der Waals surface area contributed by atoms with E-state index in [9.17, 15) is 9.18 Å². The number of hydrogen-bond acceptors (Lipinski definition) is 4. The number of benzene rings is 1. The van der Waals surface area contributed by atoms with Gasteiger partial charge in [0.1, 0.15) is 12.1 Å². The van der Waals surface area contributed by atoms with Crippen LogP contribution < -0.4 is 0 Å². The van der Waals surface area contributed by atoms with E-state index in [-0.39, 0.29) is 11.9 Å². The van der Waals surface area contributed by atoms with Gasteiger partial charge in [0, 0.05) is 17.8 Å². The Bertz CT molecular complexity index is 635. The van der Waals surface area contributed by atoms with Gasteiger partial charge in [-0.25, -0.2) is 18.9 Å². The molecule has 1 aromatic carbocycles. The molecule has 0 saturated heterocycles. The number of aromatic nitrogens is 3. The topological polar surface area (TPSA) is 57.0 Å². The first-order valence-corrected chi connectivity index (χ1v) is 6.10. The summed E-state index contributed by atoms with van der Waals surface area (Å²) in [7, 11) is 0. The van der Waals surface area contributed by atoms with Gasteiger partial charge in [-0.15, -0.1) is 5.10 Å². The van der Waals surface area contributed by atoms with Crippen molar-refractivity contribution < 1.29 is 13.9 Å². The highest BCUT2D eigenvalue weighted by molar-refractivity contribution is 5.85. The van der Waals surface area contributed by atoms with Crippen molar-refractivity contribution in [3.63, 3.8) is 0 Å². The van der Waals surface area contributed by atoms with Crippen molar-refractivity contribution in [2.75, 3.05) is 0 Å². The quantitative estimate of drug-likeness (QED) is 0.635. The van der Waals surface area contributed by atoms with E-state index in [2.05, 4.69) is 10.1 Å². The molecule has 1 aromatic heterocycles. The summed E-state index contributed by atoms with van der Waals surface area (Å²) in [5, 5.41) is 4.12. The monoisotopic (exact) mass is 275 g/mol. The highest BCUT2D eigenvalue weighted by Gasteiger charge is 2.05. The first-order valence-electron chi connectivity index (χ1n) is 6.10. The lowest BCUT2D eigenvalue weighted by Crippen LogP contribution is -2.08. The summed E-state index contributed by atoms with van der Waals surface area (Å²) in [4.78, 5) is 15.4. The van der Waals surface area contributed by atoms with Crippen LogP contribution in [0, 0.1) is 5.82 Å². The summed E-state index contributed by atoms with van der Waals surface area (Å²) < 4.78 is 19.4. The first kappa shape index (κ1) is 13.9. The van der Waals surface area contributed by atoms with Crippen LogP contribution in [0.15, 0.2) is 36.7 Å². The molecule has 0 radical (unpaired) electrons. The summed E-state index contributed by atoms with van der Waals surface area (Å²) in [6, 6.07) is 5.99. The summed E-state index contributed by atoms with van der Waals surface area (Å²) in [6.45, 7) is 3.53. The number of ether oxygens (including phenoxy) is 1. The summed E-state index contributed by atoms with van der Waals surface area (Å²) >= 11 is 0. The molecule has 5 nitrogen and oxygen atoms in total. The molecule has 0 bridgehead atoms. The molecule has 0 amide bonds. The second-order valence-electron chi connectivity index (χ2n) is 4.36. The van der Waals surface area contributed by atoms with Crippen molar-refractivity contribution in [1.29, 1.82) is 0 Å². The maximum absolute atomic E-state index is 13.1. The maximum atomic E-state index is 13.1. The molecule has 2 rings (SSSR count). The molecular weight excluding hydrogens is 261 g/mol. The molecule has 1 heterocycles. The fourth-order valence-electron chi connectivity index (χ4n) is 1.52. The number of esters is 1. The van der Waals surface area contributed by atoms with Crippen LogP contribution in [0.1, 0.15) is 13.8 Å². The van der Waals surface area contributed by atoms with E-state index < -0.39 is 5.97 Å². The van der Waals surface area contributed by atoms with Gasteiger partial charge in [0.2, 0.25) is 0 Å². The SMILES string of the molecule is CC(C)OC(=O)/C=C\n1cnc(-c2cccc(F)c2)n1. The molecule has 0 aliphatic rings. The molecule has 104 valence electrons. The molecule has 0 unspecified atom stereocenters. The van der Waals surface area contributed by atoms with Crippen molar-refractivity contribution in [3.05, 3.63) is 42.5 Å². The predicted octanol–water partition coefficient (Wildman–Crippen LogP) is 2.51. The van der Waals surface area contributed by atoms with Crippen molar-refractivity contribution in [2.45, 2.75) is 20.0 Å². The van der Waals surface area contributed by atoms with E-state index in [1.807, 2.05) is 0 Å². The molecular formula is C14H14FN3O2. The molecule has 0 atom stereocenters. The summed E-state index contributed by atoms with van der Waals surface area (Å²) in [6.07, 6.45) is 3.94. The van der Waals surface area contributed by atoms with E-state index >= 15 is 0 Å². The maximum Gasteiger partial charge on any atom is 0.332 e. The van der Waals surface area contributed by atoms with Crippen LogP contribution in [0.3, 0.4) is 0 Å². The zero-order valence-corrected chi connectivity index (χ0v) is 11.2. The molecule has 0 aliphatic heterocycles. The smallest absolute Gasteiger partial charge is 0.332 e. The summed E-state index contributed by atoms with van der Waals surface area (Å²) in [5.41, 5.74) is 0.571. The number of halogens is 1. The Morgan fingerprint density at radius 2 is 2.25 bits per heavy atom. The Kier molecular flexibility index (Phi) is 4.24.